The van der Waals surface area contributed by atoms with E-state index in [-0.39, 0.29) is 16.5 Å². The van der Waals surface area contributed by atoms with Crippen LogP contribution in [0.1, 0.15) is 36.5 Å². The highest BCUT2D eigenvalue weighted by Crippen LogP contribution is 2.20. The number of benzene rings is 2. The molecule has 3 aromatic rings. The van der Waals surface area contributed by atoms with E-state index in [0.717, 1.165) is 43.6 Å². The number of amides is 1. The van der Waals surface area contributed by atoms with Gasteiger partial charge in [0.2, 0.25) is 5.91 Å². The Bertz CT molecular complexity index is 1170. The van der Waals surface area contributed by atoms with Crippen molar-refractivity contribution in [1.29, 1.82) is 0 Å². The van der Waals surface area contributed by atoms with Crippen LogP contribution in [0.2, 0.25) is 5.02 Å². The molecule has 1 saturated heterocycles. The average Bonchev–Trinajstić information content (AvgIpc) is 2.87. The molecule has 0 bridgehead atoms. The maximum Gasteiger partial charge on any atom is 0.289 e. The second-order valence-electron chi connectivity index (χ2n) is 8.94. The van der Waals surface area contributed by atoms with E-state index in [2.05, 4.69) is 39.6 Å². The first kappa shape index (κ1) is 24.9. The van der Waals surface area contributed by atoms with Crippen molar-refractivity contribution in [2.24, 2.45) is 0 Å². The molecule has 0 spiro atoms. The Morgan fingerprint density at radius 1 is 1.06 bits per heavy atom. The van der Waals surface area contributed by atoms with E-state index in [1.54, 1.807) is 6.92 Å². The van der Waals surface area contributed by atoms with E-state index in [4.69, 9.17) is 16.3 Å². The molecule has 0 atom stereocenters. The van der Waals surface area contributed by atoms with E-state index in [9.17, 15) is 9.59 Å². The molecule has 0 unspecified atom stereocenters. The summed E-state index contributed by atoms with van der Waals surface area (Å²) in [7, 11) is 0. The van der Waals surface area contributed by atoms with Gasteiger partial charge in [0.25, 0.3) is 5.56 Å². The van der Waals surface area contributed by atoms with Crippen LogP contribution < -0.4 is 15.6 Å². The average molecular weight is 495 g/mol. The van der Waals surface area contributed by atoms with Crippen molar-refractivity contribution in [1.82, 2.24) is 20.0 Å². The second-order valence-corrected chi connectivity index (χ2v) is 9.32. The van der Waals surface area contributed by atoms with Gasteiger partial charge in [0, 0.05) is 39.1 Å². The summed E-state index contributed by atoms with van der Waals surface area (Å²) in [5.41, 5.74) is 3.03. The zero-order valence-electron chi connectivity index (χ0n) is 20.0. The Kier molecular flexibility index (Phi) is 8.55. The molecule has 2 heterocycles. The highest BCUT2D eigenvalue weighted by Gasteiger charge is 2.19. The number of carbonyl (C=O) groups is 1. The molecule has 8 heteroatoms. The number of ether oxygens (including phenoxy) is 1. The van der Waals surface area contributed by atoms with Crippen LogP contribution in [-0.2, 0) is 30.9 Å². The summed E-state index contributed by atoms with van der Waals surface area (Å²) >= 11 is 6.27. The predicted molar refractivity (Wildman–Crippen MR) is 137 cm³/mol. The van der Waals surface area contributed by atoms with Gasteiger partial charge in [-0.25, -0.2) is 4.68 Å². The highest BCUT2D eigenvalue weighted by atomic mass is 35.5. The van der Waals surface area contributed by atoms with Gasteiger partial charge >= 0.3 is 0 Å². The molecular formula is C27H31ClN4O3. The van der Waals surface area contributed by atoms with Gasteiger partial charge in [0.05, 0.1) is 6.20 Å². The SMILES string of the molecule is CC(=O)NC1CCN(Cc2ccc(CCn3ncc(OCc4ccccc4)c(Cl)c3=O)cc2)CC1. The Morgan fingerprint density at radius 2 is 1.74 bits per heavy atom. The van der Waals surface area contributed by atoms with Gasteiger partial charge in [-0.05, 0) is 36.0 Å². The number of aryl methyl sites for hydroxylation is 2. The van der Waals surface area contributed by atoms with Gasteiger partial charge in [-0.1, -0.05) is 66.2 Å². The summed E-state index contributed by atoms with van der Waals surface area (Å²) < 4.78 is 7.07. The van der Waals surface area contributed by atoms with E-state index in [1.165, 1.54) is 16.4 Å². The third kappa shape index (κ3) is 7.16. The van der Waals surface area contributed by atoms with E-state index in [0.29, 0.717) is 31.4 Å². The summed E-state index contributed by atoms with van der Waals surface area (Å²) in [6.45, 7) is 5.19. The number of nitrogens with zero attached hydrogens (tertiary/aromatic N) is 3. The fraction of sp³-hybridized carbons (Fsp3) is 0.370. The van der Waals surface area contributed by atoms with Gasteiger partial charge in [-0.2, -0.15) is 5.10 Å². The molecule has 4 rings (SSSR count). The largest absolute Gasteiger partial charge is 0.485 e. The van der Waals surface area contributed by atoms with Crippen LogP contribution in [0.25, 0.3) is 0 Å². The minimum atomic E-state index is -0.350. The molecule has 2 aromatic carbocycles. The van der Waals surface area contributed by atoms with Crippen LogP contribution in [0.5, 0.6) is 5.75 Å². The van der Waals surface area contributed by atoms with Crippen LogP contribution in [0.4, 0.5) is 0 Å². The van der Waals surface area contributed by atoms with Crippen LogP contribution in [0, 0.1) is 0 Å². The lowest BCUT2D eigenvalue weighted by atomic mass is 10.0. The Balaban J connectivity index is 1.27. The summed E-state index contributed by atoms with van der Waals surface area (Å²) in [5, 5.41) is 7.31. The summed E-state index contributed by atoms with van der Waals surface area (Å²) in [6, 6.07) is 18.5. The molecule has 1 N–H and O–H groups in total. The quantitative estimate of drug-likeness (QED) is 0.489. The number of rotatable bonds is 9. The van der Waals surface area contributed by atoms with Crippen LogP contribution in [0.3, 0.4) is 0 Å². The maximum atomic E-state index is 12.6. The highest BCUT2D eigenvalue weighted by molar-refractivity contribution is 6.31. The fourth-order valence-corrected chi connectivity index (χ4v) is 4.47. The standard InChI is InChI=1S/C27H31ClN4O3/c1-20(33)30-24-12-14-31(15-13-24)18-22-9-7-21(8-10-22)11-16-32-27(34)26(28)25(17-29-32)35-19-23-5-3-2-4-6-23/h2-10,17,24H,11-16,18-19H2,1H3,(H,30,33). The molecule has 0 saturated carbocycles. The van der Waals surface area contributed by atoms with Crippen molar-refractivity contribution in [2.45, 2.75) is 51.9 Å². The molecule has 1 amide bonds. The fourth-order valence-electron chi connectivity index (χ4n) is 4.27. The van der Waals surface area contributed by atoms with Gasteiger partial charge in [0.1, 0.15) is 6.61 Å². The van der Waals surface area contributed by atoms with Crippen molar-refractivity contribution in [3.8, 4) is 5.75 Å². The topological polar surface area (TPSA) is 76.5 Å². The smallest absolute Gasteiger partial charge is 0.289 e. The molecule has 1 aliphatic heterocycles. The lowest BCUT2D eigenvalue weighted by molar-refractivity contribution is -0.119. The van der Waals surface area contributed by atoms with E-state index in [1.807, 2.05) is 30.3 Å². The molecule has 1 fully saturated rings. The maximum absolute atomic E-state index is 12.6. The zero-order valence-corrected chi connectivity index (χ0v) is 20.7. The molecule has 1 aliphatic rings. The second kappa shape index (κ2) is 12.0. The molecule has 1 aromatic heterocycles. The minimum Gasteiger partial charge on any atom is -0.485 e. The Labute approximate surface area is 210 Å². The number of aromatic nitrogens is 2. The normalized spacial score (nSPS) is 14.6. The first-order chi connectivity index (χ1) is 17.0. The number of likely N-dealkylation sites (tertiary alicyclic amines) is 1. The molecule has 0 aliphatic carbocycles. The lowest BCUT2D eigenvalue weighted by Gasteiger charge is -2.32. The lowest BCUT2D eigenvalue weighted by Crippen LogP contribution is -2.43. The molecule has 184 valence electrons. The number of nitrogens with one attached hydrogen (secondary N) is 1. The van der Waals surface area contributed by atoms with Crippen LogP contribution in [-0.4, -0.2) is 39.7 Å². The molecular weight excluding hydrogens is 464 g/mol. The van der Waals surface area contributed by atoms with E-state index >= 15 is 0 Å². The van der Waals surface area contributed by atoms with Crippen molar-refractivity contribution in [3.63, 3.8) is 0 Å². The minimum absolute atomic E-state index is 0.0473. The summed E-state index contributed by atoms with van der Waals surface area (Å²) in [4.78, 5) is 26.3. The molecule has 0 radical (unpaired) electrons. The third-order valence-corrected chi connectivity index (χ3v) is 6.57. The van der Waals surface area contributed by atoms with Crippen LogP contribution in [0.15, 0.2) is 65.6 Å². The van der Waals surface area contributed by atoms with Gasteiger partial charge in [0.15, 0.2) is 10.8 Å². The Hall–Kier alpha value is -3.16. The van der Waals surface area contributed by atoms with Crippen molar-refractivity contribution in [3.05, 3.63) is 92.9 Å². The van der Waals surface area contributed by atoms with Gasteiger partial charge < -0.3 is 10.1 Å². The summed E-state index contributed by atoms with van der Waals surface area (Å²) in [6.07, 6.45) is 4.15. The van der Waals surface area contributed by atoms with Crippen molar-refractivity contribution < 1.29 is 9.53 Å². The van der Waals surface area contributed by atoms with Crippen LogP contribution >= 0.6 is 11.6 Å². The number of carbonyl (C=O) groups excluding carboxylic acids is 1. The number of halogens is 1. The van der Waals surface area contributed by atoms with E-state index < -0.39 is 0 Å². The van der Waals surface area contributed by atoms with Crippen molar-refractivity contribution >= 4 is 17.5 Å². The Morgan fingerprint density at radius 3 is 2.43 bits per heavy atom. The van der Waals surface area contributed by atoms with Gasteiger partial charge in [-0.3, -0.25) is 14.5 Å². The first-order valence-corrected chi connectivity index (χ1v) is 12.4. The zero-order chi connectivity index (χ0) is 24.6. The number of piperidine rings is 1. The first-order valence-electron chi connectivity index (χ1n) is 12.0. The van der Waals surface area contributed by atoms with Crippen molar-refractivity contribution in [2.75, 3.05) is 13.1 Å². The predicted octanol–water partition coefficient (Wildman–Crippen LogP) is 3.82. The summed E-state index contributed by atoms with van der Waals surface area (Å²) in [5.74, 6) is 0.341. The number of hydrogen-bond donors (Lipinski definition) is 1. The number of hydrogen-bond acceptors (Lipinski definition) is 5. The third-order valence-electron chi connectivity index (χ3n) is 6.23. The molecule has 7 nitrogen and oxygen atoms in total. The monoisotopic (exact) mass is 494 g/mol. The van der Waals surface area contributed by atoms with Gasteiger partial charge in [-0.15, -0.1) is 0 Å². The molecule has 35 heavy (non-hydrogen) atoms.